The van der Waals surface area contributed by atoms with E-state index >= 15 is 0 Å². The van der Waals surface area contributed by atoms with E-state index in [1.807, 2.05) is 6.92 Å². The molecule has 0 unspecified atom stereocenters. The number of rotatable bonds is 6. The zero-order chi connectivity index (χ0) is 16.4. The lowest BCUT2D eigenvalue weighted by molar-refractivity contribution is 0.278. The topological polar surface area (TPSA) is 110 Å². The van der Waals surface area contributed by atoms with Crippen molar-refractivity contribution in [2.24, 2.45) is 0 Å². The molecule has 10 heteroatoms. The minimum Gasteiger partial charge on any atom is -0.412 e. The maximum Gasteiger partial charge on any atom is 0.335 e. The Hall–Kier alpha value is -1.00. The smallest absolute Gasteiger partial charge is 0.335 e. The molecule has 1 fully saturated rings. The lowest BCUT2D eigenvalue weighted by atomic mass is 9.98. The van der Waals surface area contributed by atoms with Crippen LogP contribution < -0.4 is 0 Å². The van der Waals surface area contributed by atoms with Gasteiger partial charge in [-0.05, 0) is 19.3 Å². The molecular formula is C12H21N3O5S2. The molecular weight excluding hydrogens is 330 g/mol. The number of nitrogens with zero attached hydrogens (tertiary/aromatic N) is 3. The van der Waals surface area contributed by atoms with Gasteiger partial charge in [-0.1, -0.05) is 18.4 Å². The van der Waals surface area contributed by atoms with Gasteiger partial charge in [-0.15, -0.1) is 5.10 Å². The van der Waals surface area contributed by atoms with E-state index in [2.05, 4.69) is 10.2 Å². The fourth-order valence-corrected chi connectivity index (χ4v) is 4.48. The van der Waals surface area contributed by atoms with Crippen LogP contribution in [0.2, 0.25) is 0 Å². The molecule has 1 aliphatic heterocycles. The maximum atomic E-state index is 12.1. The molecule has 1 aliphatic rings. The van der Waals surface area contributed by atoms with Gasteiger partial charge < -0.3 is 4.42 Å². The lowest BCUT2D eigenvalue weighted by Crippen LogP contribution is -2.39. The van der Waals surface area contributed by atoms with E-state index in [0.717, 1.165) is 12.7 Å². The normalized spacial score (nSPS) is 18.6. The minimum atomic E-state index is -3.51. The molecule has 0 atom stereocenters. The van der Waals surface area contributed by atoms with E-state index in [4.69, 9.17) is 4.42 Å². The van der Waals surface area contributed by atoms with Crippen molar-refractivity contribution in [3.8, 4) is 0 Å². The number of unbranched alkanes of at least 4 members (excludes halogenated alkanes) is 1. The van der Waals surface area contributed by atoms with Crippen molar-refractivity contribution in [2.45, 2.75) is 43.7 Å². The van der Waals surface area contributed by atoms with E-state index < -0.39 is 19.9 Å². The van der Waals surface area contributed by atoms with Crippen LogP contribution in [0.25, 0.3) is 0 Å². The van der Waals surface area contributed by atoms with Gasteiger partial charge in [-0.2, -0.15) is 0 Å². The second kappa shape index (κ2) is 6.63. The van der Waals surface area contributed by atoms with Gasteiger partial charge in [0.25, 0.3) is 0 Å². The van der Waals surface area contributed by atoms with Gasteiger partial charge in [-0.3, -0.25) is 0 Å². The van der Waals surface area contributed by atoms with Crippen molar-refractivity contribution in [3.05, 3.63) is 5.89 Å². The number of piperidine rings is 1. The van der Waals surface area contributed by atoms with Crippen molar-refractivity contribution in [1.29, 1.82) is 0 Å². The molecule has 1 saturated heterocycles. The summed E-state index contributed by atoms with van der Waals surface area (Å²) in [5.41, 5.74) is 0. The molecule has 0 saturated carbocycles. The van der Waals surface area contributed by atoms with E-state index in [9.17, 15) is 16.8 Å². The van der Waals surface area contributed by atoms with Crippen LogP contribution in [0.15, 0.2) is 9.64 Å². The molecule has 0 N–H and O–H groups in total. The first-order chi connectivity index (χ1) is 10.2. The molecule has 1 aromatic heterocycles. The molecule has 0 bridgehead atoms. The molecule has 126 valence electrons. The monoisotopic (exact) mass is 351 g/mol. The van der Waals surface area contributed by atoms with Crippen LogP contribution in [0.3, 0.4) is 0 Å². The Morgan fingerprint density at radius 3 is 2.32 bits per heavy atom. The van der Waals surface area contributed by atoms with E-state index in [1.54, 1.807) is 0 Å². The van der Waals surface area contributed by atoms with Gasteiger partial charge in [0.1, 0.15) is 0 Å². The SMILES string of the molecule is CCCCS(=O)(=O)N1CCC(c2nnc(S(C)(=O)=O)o2)CC1. The minimum absolute atomic E-state index is 0.0966. The first-order valence-corrected chi connectivity index (χ1v) is 10.8. The summed E-state index contributed by atoms with van der Waals surface area (Å²) in [6, 6.07) is 0. The van der Waals surface area contributed by atoms with Crippen molar-refractivity contribution < 1.29 is 21.3 Å². The second-order valence-corrected chi connectivity index (χ2v) is 9.50. The molecule has 2 rings (SSSR count). The summed E-state index contributed by atoms with van der Waals surface area (Å²) in [5, 5.41) is 6.93. The highest BCUT2D eigenvalue weighted by atomic mass is 32.2. The van der Waals surface area contributed by atoms with Gasteiger partial charge in [0.2, 0.25) is 25.8 Å². The molecule has 0 aliphatic carbocycles. The van der Waals surface area contributed by atoms with Gasteiger partial charge in [0, 0.05) is 25.3 Å². The third-order valence-corrected chi connectivity index (χ3v) is 6.45. The van der Waals surface area contributed by atoms with E-state index in [0.29, 0.717) is 32.4 Å². The van der Waals surface area contributed by atoms with Crippen LogP contribution in [-0.2, 0) is 19.9 Å². The van der Waals surface area contributed by atoms with Crippen LogP contribution in [0.1, 0.15) is 44.4 Å². The summed E-state index contributed by atoms with van der Waals surface area (Å²) >= 11 is 0. The average molecular weight is 351 g/mol. The van der Waals surface area contributed by atoms with Crippen LogP contribution in [0, 0.1) is 0 Å². The van der Waals surface area contributed by atoms with E-state index in [-0.39, 0.29) is 22.8 Å². The number of sulfone groups is 1. The van der Waals surface area contributed by atoms with Crippen molar-refractivity contribution in [2.75, 3.05) is 25.1 Å². The number of hydrogen-bond acceptors (Lipinski definition) is 7. The Morgan fingerprint density at radius 2 is 1.82 bits per heavy atom. The molecule has 1 aromatic rings. The first kappa shape index (κ1) is 17.4. The van der Waals surface area contributed by atoms with Crippen molar-refractivity contribution in [1.82, 2.24) is 14.5 Å². The van der Waals surface area contributed by atoms with Crippen LogP contribution in [0.4, 0.5) is 0 Å². The fraction of sp³-hybridized carbons (Fsp3) is 0.833. The lowest BCUT2D eigenvalue weighted by Gasteiger charge is -2.29. The van der Waals surface area contributed by atoms with Crippen LogP contribution in [-0.4, -0.2) is 56.4 Å². The summed E-state index contributed by atoms with van der Waals surface area (Å²) in [6.07, 6.45) is 3.61. The average Bonchev–Trinajstić information content (AvgIpc) is 2.95. The second-order valence-electron chi connectivity index (χ2n) is 5.52. The Balaban J connectivity index is 1.99. The Morgan fingerprint density at radius 1 is 1.18 bits per heavy atom. The highest BCUT2D eigenvalue weighted by Gasteiger charge is 2.31. The summed E-state index contributed by atoms with van der Waals surface area (Å²) < 4.78 is 53.6. The summed E-state index contributed by atoms with van der Waals surface area (Å²) in [5.74, 6) is 0.346. The van der Waals surface area contributed by atoms with Crippen molar-refractivity contribution >= 4 is 19.9 Å². The third kappa shape index (κ3) is 4.05. The predicted octanol–water partition coefficient (Wildman–Crippen LogP) is 0.782. The predicted molar refractivity (Wildman–Crippen MR) is 79.7 cm³/mol. The number of aromatic nitrogens is 2. The molecule has 22 heavy (non-hydrogen) atoms. The first-order valence-electron chi connectivity index (χ1n) is 7.25. The molecule has 0 amide bonds. The molecule has 0 spiro atoms. The Bertz CT molecular complexity index is 703. The zero-order valence-corrected chi connectivity index (χ0v) is 14.4. The summed E-state index contributed by atoms with van der Waals surface area (Å²) in [4.78, 5) is 0. The van der Waals surface area contributed by atoms with Crippen LogP contribution in [0.5, 0.6) is 0 Å². The molecule has 0 radical (unpaired) electrons. The largest absolute Gasteiger partial charge is 0.412 e. The fourth-order valence-electron chi connectivity index (χ4n) is 2.37. The van der Waals surface area contributed by atoms with Gasteiger partial charge >= 0.3 is 5.22 Å². The molecule has 8 nitrogen and oxygen atoms in total. The standard InChI is InChI=1S/C12H21N3O5S2/c1-3-4-9-22(18,19)15-7-5-10(6-8-15)11-13-14-12(20-11)21(2,16)17/h10H,3-9H2,1-2H3. The summed E-state index contributed by atoms with van der Waals surface area (Å²) in [7, 11) is -6.71. The number of hydrogen-bond donors (Lipinski definition) is 0. The van der Waals surface area contributed by atoms with E-state index in [1.165, 1.54) is 4.31 Å². The van der Waals surface area contributed by atoms with Crippen LogP contribution >= 0.6 is 0 Å². The maximum absolute atomic E-state index is 12.1. The molecule has 0 aromatic carbocycles. The summed E-state index contributed by atoms with van der Waals surface area (Å²) in [6.45, 7) is 2.75. The molecule has 2 heterocycles. The highest BCUT2D eigenvalue weighted by Crippen LogP contribution is 2.29. The van der Waals surface area contributed by atoms with Gasteiger partial charge in [0.05, 0.1) is 5.75 Å². The van der Waals surface area contributed by atoms with Crippen molar-refractivity contribution in [3.63, 3.8) is 0 Å². The zero-order valence-electron chi connectivity index (χ0n) is 12.7. The number of sulfonamides is 1. The highest BCUT2D eigenvalue weighted by molar-refractivity contribution is 7.90. The van der Waals surface area contributed by atoms with Gasteiger partial charge in [0.15, 0.2) is 0 Å². The van der Waals surface area contributed by atoms with Gasteiger partial charge in [-0.25, -0.2) is 21.1 Å². The quantitative estimate of drug-likeness (QED) is 0.744. The third-order valence-electron chi connectivity index (χ3n) is 3.69. The Labute approximate surface area is 130 Å². The Kier molecular flexibility index (Phi) is 5.23.